The number of rotatable bonds is 4. The Bertz CT molecular complexity index is 243. The lowest BCUT2D eigenvalue weighted by Gasteiger charge is -2.29. The van der Waals surface area contributed by atoms with Crippen molar-refractivity contribution in [3.8, 4) is 0 Å². The Balaban J connectivity index is 2.34. The monoisotopic (exact) mass is 244 g/mol. The summed E-state index contributed by atoms with van der Waals surface area (Å²) >= 11 is 5.31. The Hall–Kier alpha value is -0.350. The van der Waals surface area contributed by atoms with E-state index < -0.39 is 0 Å². The minimum Gasteiger partial charge on any atom is -0.383 e. The van der Waals surface area contributed by atoms with E-state index >= 15 is 0 Å². The van der Waals surface area contributed by atoms with Gasteiger partial charge < -0.3 is 15.4 Å². The van der Waals surface area contributed by atoms with Gasteiger partial charge in [0.1, 0.15) is 0 Å². The number of methoxy groups -OCH3 is 1. The van der Waals surface area contributed by atoms with Crippen LogP contribution in [0.3, 0.4) is 0 Å². The van der Waals surface area contributed by atoms with Gasteiger partial charge in [0.15, 0.2) is 5.11 Å². The second-order valence-corrected chi connectivity index (χ2v) is 5.82. The molecule has 4 heteroatoms. The largest absolute Gasteiger partial charge is 0.383 e. The Morgan fingerprint density at radius 1 is 1.56 bits per heavy atom. The molecule has 2 N–H and O–H groups in total. The third-order valence-electron chi connectivity index (χ3n) is 3.36. The quantitative estimate of drug-likeness (QED) is 0.742. The minimum atomic E-state index is 0.259. The van der Waals surface area contributed by atoms with Crippen molar-refractivity contribution in [1.82, 2.24) is 10.6 Å². The van der Waals surface area contributed by atoms with Crippen LogP contribution in [-0.2, 0) is 4.74 Å². The van der Waals surface area contributed by atoms with E-state index in [1.54, 1.807) is 7.11 Å². The molecule has 2 unspecified atom stereocenters. The highest BCUT2D eigenvalue weighted by Gasteiger charge is 2.34. The molecule has 1 fully saturated rings. The predicted octanol–water partition coefficient (Wildman–Crippen LogP) is 2.06. The normalized spacial score (nSPS) is 25.1. The molecule has 0 heterocycles. The molecular formula is C12H24N2OS. The second kappa shape index (κ2) is 5.82. The van der Waals surface area contributed by atoms with Gasteiger partial charge in [-0.15, -0.1) is 0 Å². The summed E-state index contributed by atoms with van der Waals surface area (Å²) in [7, 11) is 1.70. The van der Waals surface area contributed by atoms with Gasteiger partial charge in [0.2, 0.25) is 0 Å². The molecule has 1 saturated carbocycles. The zero-order valence-electron chi connectivity index (χ0n) is 10.8. The third kappa shape index (κ3) is 3.91. The second-order valence-electron chi connectivity index (χ2n) is 5.41. The van der Waals surface area contributed by atoms with E-state index in [0.717, 1.165) is 5.11 Å². The summed E-state index contributed by atoms with van der Waals surface area (Å²) in [4.78, 5) is 0. The van der Waals surface area contributed by atoms with Crippen LogP contribution in [0, 0.1) is 5.41 Å². The number of hydrogen-bond acceptors (Lipinski definition) is 2. The lowest BCUT2D eigenvalue weighted by Crippen LogP contribution is -2.49. The average molecular weight is 244 g/mol. The van der Waals surface area contributed by atoms with Crippen LogP contribution in [0.1, 0.15) is 40.0 Å². The fourth-order valence-electron chi connectivity index (χ4n) is 2.31. The summed E-state index contributed by atoms with van der Waals surface area (Å²) in [5.41, 5.74) is 0.357. The highest BCUT2D eigenvalue weighted by molar-refractivity contribution is 7.80. The zero-order chi connectivity index (χ0) is 12.2. The molecule has 0 aliphatic heterocycles. The molecule has 2 atom stereocenters. The first kappa shape index (κ1) is 13.7. The SMILES string of the molecule is COCC(C)NC(=S)NC1CCCC1(C)C. The molecular weight excluding hydrogens is 220 g/mol. The van der Waals surface area contributed by atoms with Gasteiger partial charge in [0, 0.05) is 19.2 Å². The highest BCUT2D eigenvalue weighted by Crippen LogP contribution is 2.37. The van der Waals surface area contributed by atoms with Crippen molar-refractivity contribution in [3.63, 3.8) is 0 Å². The third-order valence-corrected chi connectivity index (χ3v) is 3.59. The molecule has 0 amide bonds. The molecule has 0 bridgehead atoms. The lowest BCUT2D eigenvalue weighted by molar-refractivity contribution is 0.179. The van der Waals surface area contributed by atoms with Gasteiger partial charge in [-0.2, -0.15) is 0 Å². The van der Waals surface area contributed by atoms with Gasteiger partial charge in [-0.05, 0) is 37.4 Å². The van der Waals surface area contributed by atoms with Crippen LogP contribution in [0.25, 0.3) is 0 Å². The summed E-state index contributed by atoms with van der Waals surface area (Å²) in [5, 5.41) is 7.42. The van der Waals surface area contributed by atoms with Crippen molar-refractivity contribution >= 4 is 17.3 Å². The van der Waals surface area contributed by atoms with Crippen molar-refractivity contribution in [1.29, 1.82) is 0 Å². The standard InChI is InChI=1S/C12H24N2OS/c1-9(8-15-4)13-11(16)14-10-6-5-7-12(10,2)3/h9-10H,5-8H2,1-4H3,(H2,13,14,16). The molecule has 0 radical (unpaired) electrons. The average Bonchev–Trinajstić information content (AvgIpc) is 2.46. The number of hydrogen-bond donors (Lipinski definition) is 2. The molecule has 0 aromatic carbocycles. The van der Waals surface area contributed by atoms with Gasteiger partial charge in [0.25, 0.3) is 0 Å². The molecule has 0 aromatic heterocycles. The maximum Gasteiger partial charge on any atom is 0.166 e. The van der Waals surface area contributed by atoms with Gasteiger partial charge in [-0.25, -0.2) is 0 Å². The van der Waals surface area contributed by atoms with Crippen molar-refractivity contribution in [3.05, 3.63) is 0 Å². The van der Waals surface area contributed by atoms with Gasteiger partial charge >= 0.3 is 0 Å². The van der Waals surface area contributed by atoms with E-state index in [0.29, 0.717) is 18.1 Å². The first-order chi connectivity index (χ1) is 7.45. The molecule has 1 rings (SSSR count). The Kier molecular flexibility index (Phi) is 4.99. The molecule has 94 valence electrons. The van der Waals surface area contributed by atoms with E-state index in [4.69, 9.17) is 17.0 Å². The highest BCUT2D eigenvalue weighted by atomic mass is 32.1. The van der Waals surface area contributed by atoms with E-state index in [2.05, 4.69) is 31.4 Å². The van der Waals surface area contributed by atoms with E-state index in [1.165, 1.54) is 19.3 Å². The fraction of sp³-hybridized carbons (Fsp3) is 0.917. The molecule has 0 saturated heterocycles. The smallest absolute Gasteiger partial charge is 0.166 e. The van der Waals surface area contributed by atoms with Crippen LogP contribution in [0.2, 0.25) is 0 Å². The molecule has 1 aliphatic rings. The fourth-order valence-corrected chi connectivity index (χ4v) is 2.65. The van der Waals surface area contributed by atoms with Crippen LogP contribution >= 0.6 is 12.2 Å². The number of ether oxygens (including phenoxy) is 1. The van der Waals surface area contributed by atoms with Gasteiger partial charge in [-0.1, -0.05) is 20.3 Å². The molecule has 3 nitrogen and oxygen atoms in total. The van der Waals surface area contributed by atoms with Crippen LogP contribution < -0.4 is 10.6 Å². The first-order valence-corrected chi connectivity index (χ1v) is 6.42. The van der Waals surface area contributed by atoms with E-state index in [9.17, 15) is 0 Å². The maximum absolute atomic E-state index is 5.31. The molecule has 1 aliphatic carbocycles. The Labute approximate surface area is 104 Å². The van der Waals surface area contributed by atoms with Crippen molar-refractivity contribution in [2.45, 2.75) is 52.1 Å². The van der Waals surface area contributed by atoms with Crippen molar-refractivity contribution in [2.75, 3.05) is 13.7 Å². The lowest BCUT2D eigenvalue weighted by atomic mass is 9.87. The van der Waals surface area contributed by atoms with E-state index in [-0.39, 0.29) is 6.04 Å². The van der Waals surface area contributed by atoms with Gasteiger partial charge in [-0.3, -0.25) is 0 Å². The van der Waals surface area contributed by atoms with Crippen LogP contribution in [-0.4, -0.2) is 30.9 Å². The summed E-state index contributed by atoms with van der Waals surface area (Å²) in [6.45, 7) is 7.35. The molecule has 0 aromatic rings. The maximum atomic E-state index is 5.31. The topological polar surface area (TPSA) is 33.3 Å². The van der Waals surface area contributed by atoms with Gasteiger partial charge in [0.05, 0.1) is 6.61 Å². The van der Waals surface area contributed by atoms with E-state index in [1.807, 2.05) is 0 Å². The Morgan fingerprint density at radius 2 is 2.25 bits per heavy atom. The molecule has 16 heavy (non-hydrogen) atoms. The summed E-state index contributed by atoms with van der Waals surface area (Å²) in [6.07, 6.45) is 3.79. The van der Waals surface area contributed by atoms with Crippen LogP contribution in [0.4, 0.5) is 0 Å². The summed E-state index contributed by atoms with van der Waals surface area (Å²) in [6, 6.07) is 0.761. The summed E-state index contributed by atoms with van der Waals surface area (Å²) in [5.74, 6) is 0. The minimum absolute atomic E-state index is 0.259. The predicted molar refractivity (Wildman–Crippen MR) is 71.6 cm³/mol. The molecule has 0 spiro atoms. The van der Waals surface area contributed by atoms with Crippen molar-refractivity contribution < 1.29 is 4.74 Å². The summed E-state index contributed by atoms with van der Waals surface area (Å²) < 4.78 is 5.07. The number of thiocarbonyl (C=S) groups is 1. The van der Waals surface area contributed by atoms with Crippen LogP contribution in [0.15, 0.2) is 0 Å². The zero-order valence-corrected chi connectivity index (χ0v) is 11.6. The first-order valence-electron chi connectivity index (χ1n) is 6.01. The van der Waals surface area contributed by atoms with Crippen LogP contribution in [0.5, 0.6) is 0 Å². The number of nitrogens with one attached hydrogen (secondary N) is 2. The Morgan fingerprint density at radius 3 is 2.75 bits per heavy atom. The van der Waals surface area contributed by atoms with Crippen molar-refractivity contribution in [2.24, 2.45) is 5.41 Å².